The van der Waals surface area contributed by atoms with Crippen LogP contribution in [0.3, 0.4) is 0 Å². The van der Waals surface area contributed by atoms with Crippen molar-refractivity contribution in [2.75, 3.05) is 6.54 Å². The highest BCUT2D eigenvalue weighted by Crippen LogP contribution is 2.24. The van der Waals surface area contributed by atoms with Gasteiger partial charge in [0.1, 0.15) is 4.90 Å². The van der Waals surface area contributed by atoms with E-state index in [4.69, 9.17) is 23.2 Å². The van der Waals surface area contributed by atoms with Gasteiger partial charge in [0.05, 0.1) is 5.02 Å². The number of hydrogen-bond acceptors (Lipinski definition) is 2. The summed E-state index contributed by atoms with van der Waals surface area (Å²) in [4.78, 5) is 0.0372. The largest absolute Gasteiger partial charge is 0.242 e. The molecule has 6 heteroatoms. The van der Waals surface area contributed by atoms with E-state index in [2.05, 4.69) is 11.6 Å². The average Bonchev–Trinajstić information content (AvgIpc) is 2.36. The van der Waals surface area contributed by atoms with Crippen molar-refractivity contribution in [2.24, 2.45) is 0 Å². The van der Waals surface area contributed by atoms with Crippen LogP contribution in [0.1, 0.15) is 39.0 Å². The van der Waals surface area contributed by atoms with Gasteiger partial charge in [-0.05, 0) is 24.6 Å². The summed E-state index contributed by atoms with van der Waals surface area (Å²) in [6.45, 7) is 2.57. The van der Waals surface area contributed by atoms with Crippen LogP contribution in [0.4, 0.5) is 0 Å². The van der Waals surface area contributed by atoms with Crippen molar-refractivity contribution in [3.8, 4) is 0 Å². The molecule has 0 bridgehead atoms. The molecule has 1 aromatic carbocycles. The number of sulfonamides is 1. The molecular weight excluding hydrogens is 305 g/mol. The number of halogens is 2. The van der Waals surface area contributed by atoms with Crippen molar-refractivity contribution in [3.63, 3.8) is 0 Å². The molecule has 0 heterocycles. The van der Waals surface area contributed by atoms with E-state index in [1.165, 1.54) is 25.0 Å². The smallest absolute Gasteiger partial charge is 0.211 e. The lowest BCUT2D eigenvalue weighted by molar-refractivity contribution is 0.571. The van der Waals surface area contributed by atoms with E-state index >= 15 is 0 Å². The molecule has 0 saturated carbocycles. The number of hydrogen-bond donors (Lipinski definition) is 1. The first kappa shape index (κ1) is 16.8. The molecule has 1 aromatic rings. The lowest BCUT2D eigenvalue weighted by atomic mass is 10.2. The summed E-state index contributed by atoms with van der Waals surface area (Å²) < 4.78 is 26.6. The first-order valence-corrected chi connectivity index (χ1v) is 8.66. The standard InChI is InChI=1S/C13H19Cl2NO2S/c1-2-3-4-5-6-9-16-19(17,18)13-10-11(14)7-8-12(13)15/h7-8,10,16H,2-6,9H2,1H3. The second-order valence-electron chi connectivity index (χ2n) is 4.39. The highest BCUT2D eigenvalue weighted by Gasteiger charge is 2.17. The Labute approximate surface area is 125 Å². The van der Waals surface area contributed by atoms with Crippen molar-refractivity contribution in [1.82, 2.24) is 4.72 Å². The first-order valence-electron chi connectivity index (χ1n) is 6.42. The van der Waals surface area contributed by atoms with Gasteiger partial charge in [-0.2, -0.15) is 0 Å². The molecular formula is C13H19Cl2NO2S. The molecule has 0 unspecified atom stereocenters. The van der Waals surface area contributed by atoms with Crippen molar-refractivity contribution in [3.05, 3.63) is 28.2 Å². The van der Waals surface area contributed by atoms with Crippen molar-refractivity contribution < 1.29 is 8.42 Å². The Bertz CT molecular complexity index is 503. The van der Waals surface area contributed by atoms with Crippen LogP contribution in [0, 0.1) is 0 Å². The number of nitrogens with one attached hydrogen (secondary N) is 1. The lowest BCUT2D eigenvalue weighted by Gasteiger charge is -2.08. The minimum atomic E-state index is -3.57. The van der Waals surface area contributed by atoms with Crippen LogP contribution in [-0.4, -0.2) is 15.0 Å². The molecule has 0 saturated heterocycles. The van der Waals surface area contributed by atoms with Crippen LogP contribution in [0.5, 0.6) is 0 Å². The Morgan fingerprint density at radius 1 is 1.11 bits per heavy atom. The fourth-order valence-electron chi connectivity index (χ4n) is 1.70. The van der Waals surface area contributed by atoms with Crippen LogP contribution in [0.2, 0.25) is 10.0 Å². The van der Waals surface area contributed by atoms with E-state index in [0.29, 0.717) is 11.6 Å². The zero-order valence-electron chi connectivity index (χ0n) is 11.0. The Hall–Kier alpha value is -0.290. The summed E-state index contributed by atoms with van der Waals surface area (Å²) in [7, 11) is -3.57. The van der Waals surface area contributed by atoms with Crippen LogP contribution in [0.25, 0.3) is 0 Å². The van der Waals surface area contributed by atoms with Gasteiger partial charge in [-0.15, -0.1) is 0 Å². The van der Waals surface area contributed by atoms with Gasteiger partial charge in [0.25, 0.3) is 0 Å². The van der Waals surface area contributed by atoms with Gasteiger partial charge in [0.15, 0.2) is 0 Å². The molecule has 19 heavy (non-hydrogen) atoms. The molecule has 1 rings (SSSR count). The van der Waals surface area contributed by atoms with E-state index in [9.17, 15) is 8.42 Å². The van der Waals surface area contributed by atoms with Gasteiger partial charge in [0, 0.05) is 11.6 Å². The second kappa shape index (κ2) is 8.10. The zero-order chi connectivity index (χ0) is 14.3. The number of benzene rings is 1. The summed E-state index contributed by atoms with van der Waals surface area (Å²) in [5, 5.41) is 0.538. The highest BCUT2D eigenvalue weighted by atomic mass is 35.5. The van der Waals surface area contributed by atoms with E-state index in [1.54, 1.807) is 6.07 Å². The van der Waals surface area contributed by atoms with Gasteiger partial charge in [-0.25, -0.2) is 13.1 Å². The molecule has 0 atom stereocenters. The van der Waals surface area contributed by atoms with Gasteiger partial charge in [-0.3, -0.25) is 0 Å². The summed E-state index contributed by atoms with van der Waals surface area (Å²) in [6, 6.07) is 4.41. The Morgan fingerprint density at radius 2 is 1.79 bits per heavy atom. The summed E-state index contributed by atoms with van der Waals surface area (Å²) in [6.07, 6.45) is 5.35. The quantitative estimate of drug-likeness (QED) is 0.727. The summed E-state index contributed by atoms with van der Waals surface area (Å²) in [5.74, 6) is 0. The fraction of sp³-hybridized carbons (Fsp3) is 0.538. The summed E-state index contributed by atoms with van der Waals surface area (Å²) in [5.41, 5.74) is 0. The van der Waals surface area contributed by atoms with E-state index < -0.39 is 10.0 Å². The average molecular weight is 324 g/mol. The molecule has 3 nitrogen and oxygen atoms in total. The Kier molecular flexibility index (Phi) is 7.15. The molecule has 0 radical (unpaired) electrons. The van der Waals surface area contributed by atoms with Crippen molar-refractivity contribution >= 4 is 33.2 Å². The molecule has 0 aliphatic rings. The fourth-order valence-corrected chi connectivity index (χ4v) is 3.53. The Balaban J connectivity index is 2.54. The van der Waals surface area contributed by atoms with Crippen LogP contribution < -0.4 is 4.72 Å². The topological polar surface area (TPSA) is 46.2 Å². The van der Waals surface area contributed by atoms with Crippen molar-refractivity contribution in [2.45, 2.75) is 43.9 Å². The molecule has 0 aliphatic carbocycles. The molecule has 0 aliphatic heterocycles. The second-order valence-corrected chi connectivity index (χ2v) is 6.97. The van der Waals surface area contributed by atoms with Gasteiger partial charge in [-0.1, -0.05) is 55.8 Å². The van der Waals surface area contributed by atoms with E-state index in [0.717, 1.165) is 19.3 Å². The third kappa shape index (κ3) is 5.69. The van der Waals surface area contributed by atoms with E-state index in [-0.39, 0.29) is 9.92 Å². The molecule has 0 fully saturated rings. The molecule has 1 N–H and O–H groups in total. The minimum absolute atomic E-state index is 0.0372. The number of rotatable bonds is 8. The third-order valence-corrected chi connectivity index (χ3v) is 4.93. The summed E-state index contributed by atoms with van der Waals surface area (Å²) >= 11 is 11.7. The molecule has 0 spiro atoms. The van der Waals surface area contributed by atoms with Crippen LogP contribution in [-0.2, 0) is 10.0 Å². The normalized spacial score (nSPS) is 11.7. The monoisotopic (exact) mass is 323 g/mol. The predicted molar refractivity (Wildman–Crippen MR) is 80.4 cm³/mol. The first-order chi connectivity index (χ1) is 8.97. The molecule has 0 amide bonds. The predicted octanol–water partition coefficient (Wildman–Crippen LogP) is 4.24. The number of unbranched alkanes of at least 4 members (excludes halogenated alkanes) is 4. The molecule has 0 aromatic heterocycles. The van der Waals surface area contributed by atoms with Gasteiger partial charge >= 0.3 is 0 Å². The van der Waals surface area contributed by atoms with Crippen LogP contribution in [0.15, 0.2) is 23.1 Å². The van der Waals surface area contributed by atoms with Crippen molar-refractivity contribution in [1.29, 1.82) is 0 Å². The maximum Gasteiger partial charge on any atom is 0.242 e. The highest BCUT2D eigenvalue weighted by molar-refractivity contribution is 7.89. The zero-order valence-corrected chi connectivity index (χ0v) is 13.3. The maximum atomic E-state index is 12.0. The van der Waals surface area contributed by atoms with E-state index in [1.807, 2.05) is 0 Å². The Morgan fingerprint density at radius 3 is 2.47 bits per heavy atom. The van der Waals surface area contributed by atoms with Crippen LogP contribution >= 0.6 is 23.2 Å². The maximum absolute atomic E-state index is 12.0. The van der Waals surface area contributed by atoms with Gasteiger partial charge < -0.3 is 0 Å². The minimum Gasteiger partial charge on any atom is -0.211 e. The molecule has 108 valence electrons. The third-order valence-electron chi connectivity index (χ3n) is 2.76. The van der Waals surface area contributed by atoms with Gasteiger partial charge in [0.2, 0.25) is 10.0 Å². The SMILES string of the molecule is CCCCCCCNS(=O)(=O)c1cc(Cl)ccc1Cl. The lowest BCUT2D eigenvalue weighted by Crippen LogP contribution is -2.25.